The fraction of sp³-hybridized carbons (Fsp3) is 0.250. The van der Waals surface area contributed by atoms with Crippen molar-refractivity contribution in [2.75, 3.05) is 18.5 Å². The molecule has 0 aliphatic rings. The van der Waals surface area contributed by atoms with Crippen molar-refractivity contribution in [3.05, 3.63) is 68.8 Å². The van der Waals surface area contributed by atoms with Crippen molar-refractivity contribution < 1.29 is 24.0 Å². The summed E-state index contributed by atoms with van der Waals surface area (Å²) in [7, 11) is 0. The molecule has 2 rings (SSSR count). The summed E-state index contributed by atoms with van der Waals surface area (Å²) in [5.41, 5.74) is 2.62. The number of anilines is 1. The van der Waals surface area contributed by atoms with Crippen LogP contribution in [0.5, 0.6) is 0 Å². The van der Waals surface area contributed by atoms with Crippen molar-refractivity contribution in [1.82, 2.24) is 5.32 Å². The van der Waals surface area contributed by atoms with E-state index in [4.69, 9.17) is 4.74 Å². The third-order valence-corrected chi connectivity index (χ3v) is 4.17. The molecular formula is C20H21N3O6. The molecule has 152 valence electrons. The maximum absolute atomic E-state index is 12.0. The van der Waals surface area contributed by atoms with Crippen LogP contribution >= 0.6 is 0 Å². The molecule has 0 aliphatic heterocycles. The molecule has 2 aromatic carbocycles. The minimum atomic E-state index is -0.872. The molecule has 0 aliphatic carbocycles. The molecule has 9 heteroatoms. The Hall–Kier alpha value is -3.75. The molecule has 0 unspecified atom stereocenters. The van der Waals surface area contributed by atoms with Gasteiger partial charge >= 0.3 is 5.97 Å². The standard InChI is InChI=1S/C20H21N3O6/c1-12-7-8-15(9-16(12)23(27)28)20(26)29-11-18(25)21-10-17(24)22-19-13(2)5-4-6-14(19)3/h4-9H,10-11H2,1-3H3,(H,21,25)(H,22,24). The summed E-state index contributed by atoms with van der Waals surface area (Å²) in [6.07, 6.45) is 0. The largest absolute Gasteiger partial charge is 0.452 e. The number of nitrogens with zero attached hydrogens (tertiary/aromatic N) is 1. The van der Waals surface area contributed by atoms with Gasteiger partial charge in [-0.25, -0.2) is 4.79 Å². The zero-order valence-electron chi connectivity index (χ0n) is 16.3. The summed E-state index contributed by atoms with van der Waals surface area (Å²) < 4.78 is 4.85. The van der Waals surface area contributed by atoms with Crippen molar-refractivity contribution in [3.8, 4) is 0 Å². The van der Waals surface area contributed by atoms with Gasteiger partial charge in [-0.3, -0.25) is 19.7 Å². The molecule has 0 heterocycles. The van der Waals surface area contributed by atoms with Gasteiger partial charge in [0, 0.05) is 17.3 Å². The molecule has 0 fully saturated rings. The molecule has 0 radical (unpaired) electrons. The van der Waals surface area contributed by atoms with E-state index in [-0.39, 0.29) is 17.8 Å². The molecule has 0 saturated carbocycles. The summed E-state index contributed by atoms with van der Waals surface area (Å²) in [5, 5.41) is 16.0. The van der Waals surface area contributed by atoms with E-state index >= 15 is 0 Å². The summed E-state index contributed by atoms with van der Waals surface area (Å²) >= 11 is 0. The average molecular weight is 399 g/mol. The Morgan fingerprint density at radius 1 is 1.00 bits per heavy atom. The molecule has 0 spiro atoms. The van der Waals surface area contributed by atoms with Crippen LogP contribution < -0.4 is 10.6 Å². The zero-order valence-corrected chi connectivity index (χ0v) is 16.3. The van der Waals surface area contributed by atoms with Gasteiger partial charge < -0.3 is 15.4 Å². The minimum absolute atomic E-state index is 0.0390. The number of amides is 2. The number of rotatable bonds is 7. The Bertz CT molecular complexity index is 950. The highest BCUT2D eigenvalue weighted by molar-refractivity contribution is 5.96. The lowest BCUT2D eigenvalue weighted by atomic mass is 10.1. The van der Waals surface area contributed by atoms with Gasteiger partial charge in [-0.1, -0.05) is 24.3 Å². The summed E-state index contributed by atoms with van der Waals surface area (Å²) in [4.78, 5) is 46.2. The van der Waals surface area contributed by atoms with Crippen LogP contribution in [-0.4, -0.2) is 35.9 Å². The first-order chi connectivity index (χ1) is 13.7. The Labute approximate surface area is 167 Å². The molecule has 0 atom stereocenters. The van der Waals surface area contributed by atoms with Crippen LogP contribution in [-0.2, 0) is 14.3 Å². The van der Waals surface area contributed by atoms with E-state index in [9.17, 15) is 24.5 Å². The van der Waals surface area contributed by atoms with Gasteiger partial charge in [0.1, 0.15) is 0 Å². The number of esters is 1. The van der Waals surface area contributed by atoms with Crippen LogP contribution in [0.2, 0.25) is 0 Å². The van der Waals surface area contributed by atoms with Crippen LogP contribution in [0.3, 0.4) is 0 Å². The lowest BCUT2D eigenvalue weighted by Gasteiger charge is -2.12. The normalized spacial score (nSPS) is 10.2. The van der Waals surface area contributed by atoms with Crippen molar-refractivity contribution in [2.24, 2.45) is 0 Å². The van der Waals surface area contributed by atoms with Crippen LogP contribution in [0.15, 0.2) is 36.4 Å². The van der Waals surface area contributed by atoms with Gasteiger partial charge in [-0.2, -0.15) is 0 Å². The fourth-order valence-electron chi connectivity index (χ4n) is 2.57. The molecule has 0 aromatic heterocycles. The number of nitro groups is 1. The first-order valence-electron chi connectivity index (χ1n) is 8.74. The van der Waals surface area contributed by atoms with E-state index in [1.165, 1.54) is 12.1 Å². The Balaban J connectivity index is 1.84. The first kappa shape index (κ1) is 21.5. The third-order valence-electron chi connectivity index (χ3n) is 4.17. The number of ether oxygens (including phenoxy) is 1. The van der Waals surface area contributed by atoms with Crippen LogP contribution in [0, 0.1) is 30.9 Å². The molecule has 2 aromatic rings. The Morgan fingerprint density at radius 3 is 2.28 bits per heavy atom. The number of hydrogen-bond acceptors (Lipinski definition) is 6. The molecule has 29 heavy (non-hydrogen) atoms. The second kappa shape index (κ2) is 9.45. The van der Waals surface area contributed by atoms with Gasteiger partial charge in [0.25, 0.3) is 11.6 Å². The second-order valence-corrected chi connectivity index (χ2v) is 6.43. The van der Waals surface area contributed by atoms with Crippen molar-refractivity contribution in [2.45, 2.75) is 20.8 Å². The molecule has 0 bridgehead atoms. The number of para-hydroxylation sites is 1. The first-order valence-corrected chi connectivity index (χ1v) is 8.74. The predicted octanol–water partition coefficient (Wildman–Crippen LogP) is 2.43. The highest BCUT2D eigenvalue weighted by Gasteiger charge is 2.17. The maximum atomic E-state index is 12.0. The fourth-order valence-corrected chi connectivity index (χ4v) is 2.57. The van der Waals surface area contributed by atoms with Gasteiger partial charge in [-0.05, 0) is 38.0 Å². The predicted molar refractivity (Wildman–Crippen MR) is 106 cm³/mol. The topological polar surface area (TPSA) is 128 Å². The number of hydrogen-bond donors (Lipinski definition) is 2. The van der Waals surface area contributed by atoms with E-state index in [0.29, 0.717) is 11.3 Å². The lowest BCUT2D eigenvalue weighted by molar-refractivity contribution is -0.385. The van der Waals surface area contributed by atoms with E-state index in [1.54, 1.807) is 6.92 Å². The van der Waals surface area contributed by atoms with Crippen molar-refractivity contribution in [3.63, 3.8) is 0 Å². The molecular weight excluding hydrogens is 378 g/mol. The van der Waals surface area contributed by atoms with Crippen LogP contribution in [0.4, 0.5) is 11.4 Å². The highest BCUT2D eigenvalue weighted by Crippen LogP contribution is 2.20. The molecule has 2 amide bonds. The van der Waals surface area contributed by atoms with Gasteiger partial charge in [0.05, 0.1) is 17.0 Å². The van der Waals surface area contributed by atoms with Gasteiger partial charge in [0.15, 0.2) is 6.61 Å². The second-order valence-electron chi connectivity index (χ2n) is 6.43. The zero-order chi connectivity index (χ0) is 21.6. The number of nitro benzene ring substituents is 1. The molecule has 2 N–H and O–H groups in total. The lowest BCUT2D eigenvalue weighted by Crippen LogP contribution is -2.35. The number of nitrogens with one attached hydrogen (secondary N) is 2. The van der Waals surface area contributed by atoms with E-state index in [2.05, 4.69) is 10.6 Å². The van der Waals surface area contributed by atoms with Crippen LogP contribution in [0.1, 0.15) is 27.0 Å². The minimum Gasteiger partial charge on any atom is -0.452 e. The van der Waals surface area contributed by atoms with E-state index in [0.717, 1.165) is 17.2 Å². The number of carbonyl (C=O) groups excluding carboxylic acids is 3. The third kappa shape index (κ3) is 5.86. The SMILES string of the molecule is Cc1ccc(C(=O)OCC(=O)NCC(=O)Nc2c(C)cccc2C)cc1[N+](=O)[O-]. The van der Waals surface area contributed by atoms with Crippen LogP contribution in [0.25, 0.3) is 0 Å². The van der Waals surface area contributed by atoms with Gasteiger partial charge in [0.2, 0.25) is 5.91 Å². The number of carbonyl (C=O) groups is 3. The van der Waals surface area contributed by atoms with Crippen molar-refractivity contribution in [1.29, 1.82) is 0 Å². The van der Waals surface area contributed by atoms with E-state index in [1.807, 2.05) is 32.0 Å². The molecule has 0 saturated heterocycles. The van der Waals surface area contributed by atoms with E-state index < -0.39 is 29.3 Å². The highest BCUT2D eigenvalue weighted by atomic mass is 16.6. The Morgan fingerprint density at radius 2 is 1.66 bits per heavy atom. The maximum Gasteiger partial charge on any atom is 0.338 e. The summed E-state index contributed by atoms with van der Waals surface area (Å²) in [6, 6.07) is 9.48. The quantitative estimate of drug-likeness (QED) is 0.418. The Kier molecular flexibility index (Phi) is 7.02. The summed E-state index contributed by atoms with van der Waals surface area (Å²) in [6.45, 7) is 4.35. The number of benzene rings is 2. The average Bonchev–Trinajstić information content (AvgIpc) is 2.67. The van der Waals surface area contributed by atoms with Gasteiger partial charge in [-0.15, -0.1) is 0 Å². The smallest absolute Gasteiger partial charge is 0.338 e. The van der Waals surface area contributed by atoms with Crippen molar-refractivity contribution >= 4 is 29.2 Å². The summed E-state index contributed by atoms with van der Waals surface area (Å²) in [5.74, 6) is -1.96. The molecule has 9 nitrogen and oxygen atoms in total. The number of aryl methyl sites for hydroxylation is 3. The monoisotopic (exact) mass is 399 g/mol.